The Morgan fingerprint density at radius 2 is 2.00 bits per heavy atom. The van der Waals surface area contributed by atoms with E-state index in [2.05, 4.69) is 54.8 Å². The highest BCUT2D eigenvalue weighted by Crippen LogP contribution is 2.32. The predicted octanol–water partition coefficient (Wildman–Crippen LogP) is 7.09. The molecule has 4 aromatic heterocycles. The van der Waals surface area contributed by atoms with Gasteiger partial charge in [-0.15, -0.1) is 0 Å². The topological polar surface area (TPSA) is 86.4 Å². The first kappa shape index (κ1) is 25.8. The Morgan fingerprint density at radius 1 is 1.12 bits per heavy atom. The van der Waals surface area contributed by atoms with E-state index in [9.17, 15) is 4.39 Å². The van der Waals surface area contributed by atoms with Gasteiger partial charge in [-0.25, -0.2) is 19.3 Å². The van der Waals surface area contributed by atoms with Gasteiger partial charge >= 0.3 is 0 Å². The van der Waals surface area contributed by atoms with Gasteiger partial charge in [0.2, 0.25) is 0 Å². The number of imidazole rings is 1. The number of fused-ring (bicyclic) bond motifs is 2. The summed E-state index contributed by atoms with van der Waals surface area (Å²) in [6.45, 7) is 9.68. The van der Waals surface area contributed by atoms with Crippen molar-refractivity contribution < 1.29 is 4.39 Å². The first-order valence-corrected chi connectivity index (χ1v) is 13.8. The molecule has 0 unspecified atom stereocenters. The summed E-state index contributed by atoms with van der Waals surface area (Å²) in [7, 11) is 0. The maximum absolute atomic E-state index is 13.9. The summed E-state index contributed by atoms with van der Waals surface area (Å²) in [6, 6.07) is 10.5. The van der Waals surface area contributed by atoms with Crippen molar-refractivity contribution in [1.29, 1.82) is 0 Å². The Kier molecular flexibility index (Phi) is 7.33. The molecule has 0 atom stereocenters. The number of nitrogens with one attached hydrogen (secondary N) is 2. The van der Waals surface area contributed by atoms with Crippen LogP contribution in [0.15, 0.2) is 79.2 Å². The van der Waals surface area contributed by atoms with Gasteiger partial charge in [-0.05, 0) is 93.2 Å². The number of halogens is 1. The number of rotatable bonds is 9. The normalized spacial score (nSPS) is 14.9. The van der Waals surface area contributed by atoms with E-state index in [4.69, 9.17) is 4.98 Å². The average Bonchev–Trinajstić information content (AvgIpc) is 3.74. The van der Waals surface area contributed by atoms with Crippen molar-refractivity contribution in [3.05, 3.63) is 90.6 Å². The van der Waals surface area contributed by atoms with E-state index in [0.717, 1.165) is 58.2 Å². The molecule has 0 bridgehead atoms. The van der Waals surface area contributed by atoms with Gasteiger partial charge in [0.15, 0.2) is 17.1 Å². The van der Waals surface area contributed by atoms with Crippen molar-refractivity contribution in [2.24, 2.45) is 0 Å². The Hall–Kier alpha value is -4.43. The monoisotopic (exact) mass is 533 g/mol. The van der Waals surface area contributed by atoms with Crippen molar-refractivity contribution in [2.45, 2.75) is 32.6 Å². The number of likely N-dealkylation sites (tertiary alicyclic amines) is 1. The molecule has 1 aliphatic heterocycles. The molecule has 0 spiro atoms. The molecule has 1 aliphatic rings. The Bertz CT molecular complexity index is 1740. The second kappa shape index (κ2) is 11.4. The SMILES string of the molecule is C=C/C(=C\C(=C/C)c1cnc2n[nH]c(-c3nc4nccc(-c5cccc(F)c5)c4[nH]3)c2c1)CCCN1CCCC1. The average molecular weight is 534 g/mol. The van der Waals surface area contributed by atoms with Gasteiger partial charge in [-0.2, -0.15) is 5.10 Å². The minimum atomic E-state index is -0.291. The standard InChI is InChI=1S/C32H32FN7/c1-3-21(9-8-16-40-14-5-6-15-40)17-22(4-2)24-19-27-29(38-39-30(27)35-20-24)32-36-28-26(12-13-34-31(28)37-32)23-10-7-11-25(33)18-23/h3-4,7,10-13,17-20H,1,5-6,8-9,14-16H2,2H3,(H,34,36,37)(H,35,38,39)/b21-17+,22-4+. The van der Waals surface area contributed by atoms with E-state index in [1.165, 1.54) is 43.6 Å². The number of nitrogens with zero attached hydrogens (tertiary/aromatic N) is 5. The molecule has 0 amide bonds. The number of hydrogen-bond acceptors (Lipinski definition) is 5. The lowest BCUT2D eigenvalue weighted by molar-refractivity contribution is 0.334. The summed E-state index contributed by atoms with van der Waals surface area (Å²) in [5, 5.41) is 8.37. The Labute approximate surface area is 232 Å². The lowest BCUT2D eigenvalue weighted by atomic mass is 10.0. The predicted molar refractivity (Wildman–Crippen MR) is 159 cm³/mol. The summed E-state index contributed by atoms with van der Waals surface area (Å²) < 4.78 is 13.9. The second-order valence-corrected chi connectivity index (χ2v) is 10.2. The zero-order valence-corrected chi connectivity index (χ0v) is 22.6. The molecule has 2 N–H and O–H groups in total. The smallest absolute Gasteiger partial charge is 0.181 e. The summed E-state index contributed by atoms with van der Waals surface area (Å²) in [5.74, 6) is 0.305. The molecule has 8 heteroatoms. The summed E-state index contributed by atoms with van der Waals surface area (Å²) in [4.78, 5) is 19.7. The lowest BCUT2D eigenvalue weighted by Crippen LogP contribution is -2.20. The third-order valence-corrected chi connectivity index (χ3v) is 7.56. The Morgan fingerprint density at radius 3 is 2.80 bits per heavy atom. The number of aromatic nitrogens is 6. The van der Waals surface area contributed by atoms with Crippen molar-refractivity contribution in [2.75, 3.05) is 19.6 Å². The van der Waals surface area contributed by atoms with E-state index in [0.29, 0.717) is 17.1 Å². The van der Waals surface area contributed by atoms with Crippen molar-refractivity contribution >= 4 is 27.8 Å². The van der Waals surface area contributed by atoms with Crippen LogP contribution in [-0.4, -0.2) is 54.7 Å². The fourth-order valence-corrected chi connectivity index (χ4v) is 5.44. The molecular formula is C32H32FN7. The molecule has 5 aromatic rings. The summed E-state index contributed by atoms with van der Waals surface area (Å²) in [6.07, 6.45) is 14.5. The molecule has 1 saturated heterocycles. The van der Waals surface area contributed by atoms with Gasteiger partial charge in [0.05, 0.1) is 10.9 Å². The van der Waals surface area contributed by atoms with E-state index >= 15 is 0 Å². The molecule has 0 aliphatic carbocycles. The number of benzene rings is 1. The number of allylic oxidation sites excluding steroid dienone is 5. The van der Waals surface area contributed by atoms with E-state index in [1.54, 1.807) is 12.3 Å². The van der Waals surface area contributed by atoms with Crippen molar-refractivity contribution in [3.63, 3.8) is 0 Å². The van der Waals surface area contributed by atoms with Crippen LogP contribution in [0.1, 0.15) is 38.2 Å². The van der Waals surface area contributed by atoms with Crippen LogP contribution in [-0.2, 0) is 0 Å². The highest BCUT2D eigenvalue weighted by atomic mass is 19.1. The third kappa shape index (κ3) is 5.22. The van der Waals surface area contributed by atoms with Gasteiger partial charge in [0.1, 0.15) is 11.5 Å². The van der Waals surface area contributed by atoms with Gasteiger partial charge in [0, 0.05) is 23.5 Å². The van der Waals surface area contributed by atoms with Crippen LogP contribution in [0.3, 0.4) is 0 Å². The molecule has 40 heavy (non-hydrogen) atoms. The molecule has 6 rings (SSSR count). The molecule has 5 heterocycles. The fraction of sp³-hybridized carbons (Fsp3) is 0.250. The molecule has 7 nitrogen and oxygen atoms in total. The highest BCUT2D eigenvalue weighted by Gasteiger charge is 2.17. The van der Waals surface area contributed by atoms with Crippen LogP contribution in [0.2, 0.25) is 0 Å². The highest BCUT2D eigenvalue weighted by molar-refractivity contribution is 5.96. The molecule has 1 fully saturated rings. The first-order valence-electron chi connectivity index (χ1n) is 13.8. The largest absolute Gasteiger partial charge is 0.335 e. The third-order valence-electron chi connectivity index (χ3n) is 7.56. The zero-order valence-electron chi connectivity index (χ0n) is 22.6. The molecule has 0 radical (unpaired) electrons. The van der Waals surface area contributed by atoms with Crippen LogP contribution < -0.4 is 0 Å². The van der Waals surface area contributed by atoms with Crippen LogP contribution >= 0.6 is 0 Å². The van der Waals surface area contributed by atoms with Crippen LogP contribution in [0.25, 0.3) is 50.4 Å². The molecule has 1 aromatic carbocycles. The Balaban J connectivity index is 1.31. The minimum absolute atomic E-state index is 0.291. The summed E-state index contributed by atoms with van der Waals surface area (Å²) >= 11 is 0. The second-order valence-electron chi connectivity index (χ2n) is 10.2. The molecule has 0 saturated carbocycles. The number of aromatic amines is 2. The van der Waals surface area contributed by atoms with Crippen LogP contribution in [0.5, 0.6) is 0 Å². The maximum atomic E-state index is 13.9. The molecule has 202 valence electrons. The van der Waals surface area contributed by atoms with Gasteiger partial charge in [-0.1, -0.05) is 36.9 Å². The fourth-order valence-electron chi connectivity index (χ4n) is 5.44. The van der Waals surface area contributed by atoms with E-state index < -0.39 is 0 Å². The maximum Gasteiger partial charge on any atom is 0.181 e. The van der Waals surface area contributed by atoms with Gasteiger partial charge < -0.3 is 9.88 Å². The van der Waals surface area contributed by atoms with Crippen LogP contribution in [0, 0.1) is 5.82 Å². The lowest BCUT2D eigenvalue weighted by Gasteiger charge is -2.14. The number of hydrogen-bond donors (Lipinski definition) is 2. The zero-order chi connectivity index (χ0) is 27.5. The number of H-pyrrole nitrogens is 2. The number of pyridine rings is 2. The van der Waals surface area contributed by atoms with Crippen molar-refractivity contribution in [3.8, 4) is 22.6 Å². The van der Waals surface area contributed by atoms with E-state index in [1.807, 2.05) is 31.3 Å². The molecular weight excluding hydrogens is 501 g/mol. The van der Waals surface area contributed by atoms with Gasteiger partial charge in [0.25, 0.3) is 0 Å². The first-order chi connectivity index (χ1) is 19.6. The summed E-state index contributed by atoms with van der Waals surface area (Å²) in [5.41, 5.74) is 7.48. The van der Waals surface area contributed by atoms with Crippen molar-refractivity contribution in [1.82, 2.24) is 35.0 Å². The quantitative estimate of drug-likeness (QED) is 0.198. The minimum Gasteiger partial charge on any atom is -0.335 e. The van der Waals surface area contributed by atoms with Gasteiger partial charge in [-0.3, -0.25) is 5.10 Å². The van der Waals surface area contributed by atoms with E-state index in [-0.39, 0.29) is 5.82 Å². The van der Waals surface area contributed by atoms with Crippen LogP contribution in [0.4, 0.5) is 4.39 Å².